The Morgan fingerprint density at radius 1 is 1.43 bits per heavy atom. The molecule has 0 amide bonds. The van der Waals surface area contributed by atoms with Crippen molar-refractivity contribution in [3.63, 3.8) is 0 Å². The minimum atomic E-state index is 0.475. The lowest BCUT2D eigenvalue weighted by atomic mass is 10.2. The molecule has 0 spiro atoms. The Morgan fingerprint density at radius 2 is 2.29 bits per heavy atom. The molecule has 0 N–H and O–H groups in total. The minimum absolute atomic E-state index is 0.475. The average Bonchev–Trinajstić information content (AvgIpc) is 2.70. The molecular formula is C9H5ClN4. The molecule has 1 aromatic heterocycles. The van der Waals surface area contributed by atoms with Gasteiger partial charge in [-0.05, 0) is 12.1 Å². The second-order valence-corrected chi connectivity index (χ2v) is 3.00. The van der Waals surface area contributed by atoms with E-state index in [0.717, 1.165) is 0 Å². The maximum atomic E-state index is 8.87. The second kappa shape index (κ2) is 3.48. The van der Waals surface area contributed by atoms with Crippen molar-refractivity contribution >= 4 is 11.6 Å². The second-order valence-electron chi connectivity index (χ2n) is 2.60. The van der Waals surface area contributed by atoms with E-state index in [9.17, 15) is 0 Å². The van der Waals surface area contributed by atoms with Crippen LogP contribution in [0.3, 0.4) is 0 Å². The summed E-state index contributed by atoms with van der Waals surface area (Å²) >= 11 is 5.96. The summed E-state index contributed by atoms with van der Waals surface area (Å²) in [6.45, 7) is 0. The molecule has 0 saturated heterocycles. The maximum absolute atomic E-state index is 8.87. The first-order chi connectivity index (χ1) is 6.83. The van der Waals surface area contributed by atoms with Gasteiger partial charge >= 0.3 is 0 Å². The van der Waals surface area contributed by atoms with E-state index in [-0.39, 0.29) is 0 Å². The molecule has 0 atom stereocenters. The van der Waals surface area contributed by atoms with Crippen molar-refractivity contribution in [1.29, 1.82) is 5.26 Å². The molecule has 0 fully saturated rings. The van der Waals surface area contributed by atoms with Crippen molar-refractivity contribution in [2.75, 3.05) is 0 Å². The fraction of sp³-hybridized carbons (Fsp3) is 0. The van der Waals surface area contributed by atoms with E-state index in [1.54, 1.807) is 24.4 Å². The van der Waals surface area contributed by atoms with Gasteiger partial charge in [-0.3, -0.25) is 0 Å². The Bertz CT molecular complexity index is 484. The van der Waals surface area contributed by atoms with Crippen LogP contribution in [0.2, 0.25) is 5.02 Å². The molecule has 68 valence electrons. The van der Waals surface area contributed by atoms with Gasteiger partial charge in [-0.15, -0.1) is 5.10 Å². The number of rotatable bonds is 1. The topological polar surface area (TPSA) is 54.5 Å². The predicted octanol–water partition coefficient (Wildman–Crippen LogP) is 1.79. The molecule has 5 heteroatoms. The first-order valence-electron chi connectivity index (χ1n) is 3.88. The number of hydrogen-bond acceptors (Lipinski definition) is 3. The third-order valence-corrected chi connectivity index (χ3v) is 2.06. The van der Waals surface area contributed by atoms with Gasteiger partial charge < -0.3 is 0 Å². The number of aromatic nitrogens is 3. The van der Waals surface area contributed by atoms with Crippen LogP contribution in [0.5, 0.6) is 0 Å². The Hall–Kier alpha value is -1.86. The van der Waals surface area contributed by atoms with E-state index in [1.807, 2.05) is 0 Å². The molecule has 0 radical (unpaired) electrons. The zero-order valence-corrected chi connectivity index (χ0v) is 7.81. The summed E-state index contributed by atoms with van der Waals surface area (Å²) < 4.78 is 1.47. The summed E-state index contributed by atoms with van der Waals surface area (Å²) in [5.74, 6) is 0. The van der Waals surface area contributed by atoms with E-state index < -0.39 is 0 Å². The smallest absolute Gasteiger partial charge is 0.103 e. The number of nitriles is 1. The highest BCUT2D eigenvalue weighted by atomic mass is 35.5. The van der Waals surface area contributed by atoms with Crippen molar-refractivity contribution in [3.8, 4) is 11.8 Å². The predicted molar refractivity (Wildman–Crippen MR) is 51.1 cm³/mol. The Labute approximate surface area is 85.3 Å². The zero-order chi connectivity index (χ0) is 9.97. The molecule has 0 aliphatic rings. The van der Waals surface area contributed by atoms with E-state index in [2.05, 4.69) is 16.4 Å². The third-order valence-electron chi connectivity index (χ3n) is 1.76. The van der Waals surface area contributed by atoms with Crippen molar-refractivity contribution in [1.82, 2.24) is 15.0 Å². The standard InChI is InChI=1S/C9H5ClN4/c10-8-3-1-2-7(6-11)9(8)14-5-4-12-13-14/h1-5H. The zero-order valence-electron chi connectivity index (χ0n) is 7.05. The molecular weight excluding hydrogens is 200 g/mol. The molecule has 4 nitrogen and oxygen atoms in total. The van der Waals surface area contributed by atoms with Crippen LogP contribution >= 0.6 is 11.6 Å². The van der Waals surface area contributed by atoms with Crippen molar-refractivity contribution in [2.24, 2.45) is 0 Å². The monoisotopic (exact) mass is 204 g/mol. The molecule has 14 heavy (non-hydrogen) atoms. The lowest BCUT2D eigenvalue weighted by Crippen LogP contribution is -1.99. The summed E-state index contributed by atoms with van der Waals surface area (Å²) in [4.78, 5) is 0. The fourth-order valence-electron chi connectivity index (χ4n) is 1.17. The van der Waals surface area contributed by atoms with Crippen LogP contribution in [-0.2, 0) is 0 Å². The van der Waals surface area contributed by atoms with E-state index in [0.29, 0.717) is 16.3 Å². The van der Waals surface area contributed by atoms with E-state index in [4.69, 9.17) is 16.9 Å². The summed E-state index contributed by atoms with van der Waals surface area (Å²) in [5.41, 5.74) is 1.04. The summed E-state index contributed by atoms with van der Waals surface area (Å²) in [6, 6.07) is 7.17. The SMILES string of the molecule is N#Cc1cccc(Cl)c1-n1ccnn1. The molecule has 1 aromatic carbocycles. The number of nitrogens with zero attached hydrogens (tertiary/aromatic N) is 4. The quantitative estimate of drug-likeness (QED) is 0.712. The number of para-hydroxylation sites is 1. The van der Waals surface area contributed by atoms with Gasteiger partial charge in [0.25, 0.3) is 0 Å². The van der Waals surface area contributed by atoms with Crippen molar-refractivity contribution < 1.29 is 0 Å². The van der Waals surface area contributed by atoms with E-state index in [1.165, 1.54) is 10.9 Å². The molecule has 0 unspecified atom stereocenters. The number of benzene rings is 1. The fourth-order valence-corrected chi connectivity index (χ4v) is 1.43. The van der Waals surface area contributed by atoms with Gasteiger partial charge in [0.15, 0.2) is 0 Å². The Morgan fingerprint density at radius 3 is 2.93 bits per heavy atom. The maximum Gasteiger partial charge on any atom is 0.103 e. The highest BCUT2D eigenvalue weighted by Gasteiger charge is 2.08. The first-order valence-corrected chi connectivity index (χ1v) is 4.26. The van der Waals surface area contributed by atoms with Crippen LogP contribution in [0.1, 0.15) is 5.56 Å². The number of hydrogen-bond donors (Lipinski definition) is 0. The van der Waals surface area contributed by atoms with Crippen LogP contribution in [0.25, 0.3) is 5.69 Å². The van der Waals surface area contributed by atoms with Gasteiger partial charge in [-0.25, -0.2) is 4.68 Å². The van der Waals surface area contributed by atoms with Gasteiger partial charge in [0.05, 0.1) is 23.0 Å². The summed E-state index contributed by atoms with van der Waals surface area (Å²) in [5, 5.41) is 16.8. The minimum Gasteiger partial charge on any atom is -0.218 e. The van der Waals surface area contributed by atoms with Crippen LogP contribution in [0.15, 0.2) is 30.6 Å². The Kier molecular flexibility index (Phi) is 2.17. The lowest BCUT2D eigenvalue weighted by molar-refractivity contribution is 0.801. The van der Waals surface area contributed by atoms with Crippen molar-refractivity contribution in [2.45, 2.75) is 0 Å². The number of halogens is 1. The van der Waals surface area contributed by atoms with Gasteiger partial charge in [0.2, 0.25) is 0 Å². The highest BCUT2D eigenvalue weighted by Crippen LogP contribution is 2.22. The van der Waals surface area contributed by atoms with E-state index >= 15 is 0 Å². The summed E-state index contributed by atoms with van der Waals surface area (Å²) in [6.07, 6.45) is 3.17. The first kappa shape index (κ1) is 8.73. The van der Waals surface area contributed by atoms with Crippen LogP contribution < -0.4 is 0 Å². The average molecular weight is 205 g/mol. The van der Waals surface area contributed by atoms with Crippen LogP contribution in [0.4, 0.5) is 0 Å². The van der Waals surface area contributed by atoms with Gasteiger partial charge in [0, 0.05) is 0 Å². The van der Waals surface area contributed by atoms with Gasteiger partial charge in [0.1, 0.15) is 11.8 Å². The molecule has 0 saturated carbocycles. The third kappa shape index (κ3) is 1.34. The lowest BCUT2D eigenvalue weighted by Gasteiger charge is -2.04. The van der Waals surface area contributed by atoms with Crippen LogP contribution in [0, 0.1) is 11.3 Å². The highest BCUT2D eigenvalue weighted by molar-refractivity contribution is 6.32. The normalized spacial score (nSPS) is 9.71. The van der Waals surface area contributed by atoms with Gasteiger partial charge in [-0.1, -0.05) is 22.9 Å². The van der Waals surface area contributed by atoms with Gasteiger partial charge in [-0.2, -0.15) is 5.26 Å². The molecule has 0 aliphatic heterocycles. The molecule has 0 bridgehead atoms. The largest absolute Gasteiger partial charge is 0.218 e. The molecule has 2 rings (SSSR count). The summed E-state index contributed by atoms with van der Waals surface area (Å²) in [7, 11) is 0. The molecule has 0 aliphatic carbocycles. The van der Waals surface area contributed by atoms with Crippen molar-refractivity contribution in [3.05, 3.63) is 41.2 Å². The molecule has 2 aromatic rings. The van der Waals surface area contributed by atoms with Crippen LogP contribution in [-0.4, -0.2) is 15.0 Å². The molecule has 1 heterocycles. The Balaban J connectivity index is 2.69.